The van der Waals surface area contributed by atoms with E-state index in [2.05, 4.69) is 21.2 Å². The molecule has 0 aliphatic carbocycles. The van der Waals surface area contributed by atoms with Crippen LogP contribution in [0.4, 0.5) is 0 Å². The minimum absolute atomic E-state index is 0.0558. The van der Waals surface area contributed by atoms with Crippen LogP contribution in [0.1, 0.15) is 23.7 Å². The van der Waals surface area contributed by atoms with E-state index in [4.69, 9.17) is 0 Å². The van der Waals surface area contributed by atoms with Crippen LogP contribution < -0.4 is 5.32 Å². The van der Waals surface area contributed by atoms with Gasteiger partial charge >= 0.3 is 0 Å². The molecule has 106 valence electrons. The van der Waals surface area contributed by atoms with E-state index in [0.717, 1.165) is 0 Å². The molecular formula is C14H15BrN2O3. The Balaban J connectivity index is 2.15. The monoisotopic (exact) mass is 338 g/mol. The number of benzene rings is 1. The summed E-state index contributed by atoms with van der Waals surface area (Å²) in [7, 11) is 0. The van der Waals surface area contributed by atoms with Gasteiger partial charge in [-0.05, 0) is 12.5 Å². The van der Waals surface area contributed by atoms with Crippen molar-refractivity contribution in [2.75, 3.05) is 13.1 Å². The van der Waals surface area contributed by atoms with E-state index in [1.165, 1.54) is 0 Å². The molecule has 1 aromatic carbocycles. The lowest BCUT2D eigenvalue weighted by atomic mass is 10.1. The second-order valence-electron chi connectivity index (χ2n) is 4.64. The zero-order valence-corrected chi connectivity index (χ0v) is 12.6. The molecule has 20 heavy (non-hydrogen) atoms. The number of nitrogens with zero attached hydrogens (tertiary/aromatic N) is 1. The average Bonchev–Trinajstić information content (AvgIpc) is 2.38. The molecule has 1 saturated heterocycles. The van der Waals surface area contributed by atoms with Gasteiger partial charge in [-0.2, -0.15) is 0 Å². The summed E-state index contributed by atoms with van der Waals surface area (Å²) in [6.07, 6.45) is 0.558. The lowest BCUT2D eigenvalue weighted by Crippen LogP contribution is -2.58. The van der Waals surface area contributed by atoms with Crippen LogP contribution in [0.3, 0.4) is 0 Å². The number of imide groups is 1. The molecule has 6 heteroatoms. The highest BCUT2D eigenvalue weighted by Gasteiger charge is 2.33. The van der Waals surface area contributed by atoms with Gasteiger partial charge in [-0.15, -0.1) is 0 Å². The molecule has 1 fully saturated rings. The third-order valence-corrected chi connectivity index (χ3v) is 3.95. The van der Waals surface area contributed by atoms with Crippen LogP contribution in [0, 0.1) is 0 Å². The van der Waals surface area contributed by atoms with Crippen molar-refractivity contribution in [1.29, 1.82) is 0 Å². The second-order valence-corrected chi connectivity index (χ2v) is 5.50. The highest BCUT2D eigenvalue weighted by atomic mass is 79.9. The molecule has 1 aromatic rings. The van der Waals surface area contributed by atoms with Gasteiger partial charge in [-0.1, -0.05) is 41.1 Å². The molecule has 0 saturated carbocycles. The van der Waals surface area contributed by atoms with Crippen molar-refractivity contribution in [1.82, 2.24) is 10.2 Å². The molecule has 5 nitrogen and oxygen atoms in total. The van der Waals surface area contributed by atoms with Crippen LogP contribution in [0.2, 0.25) is 0 Å². The SMILES string of the molecule is CCC1C(=O)NC(=O)CN1CC(=O)c1ccccc1Br. The van der Waals surface area contributed by atoms with Crippen molar-refractivity contribution in [2.24, 2.45) is 0 Å². The molecule has 0 bridgehead atoms. The highest BCUT2D eigenvalue weighted by Crippen LogP contribution is 2.18. The molecular weight excluding hydrogens is 324 g/mol. The van der Waals surface area contributed by atoms with Crippen molar-refractivity contribution in [3.05, 3.63) is 34.3 Å². The van der Waals surface area contributed by atoms with E-state index in [1.807, 2.05) is 13.0 Å². The van der Waals surface area contributed by atoms with E-state index in [0.29, 0.717) is 16.5 Å². The van der Waals surface area contributed by atoms with Gasteiger partial charge in [0.15, 0.2) is 5.78 Å². The normalized spacial score (nSPS) is 19.8. The maximum Gasteiger partial charge on any atom is 0.243 e. The minimum atomic E-state index is -0.431. The molecule has 2 rings (SSSR count). The average molecular weight is 339 g/mol. The van der Waals surface area contributed by atoms with Crippen LogP contribution in [0.25, 0.3) is 0 Å². The molecule has 1 atom stereocenters. The topological polar surface area (TPSA) is 66.5 Å². The molecule has 1 heterocycles. The Morgan fingerprint density at radius 3 is 2.75 bits per heavy atom. The van der Waals surface area contributed by atoms with Crippen molar-refractivity contribution in [2.45, 2.75) is 19.4 Å². The van der Waals surface area contributed by atoms with Crippen molar-refractivity contribution in [3.8, 4) is 0 Å². The van der Waals surface area contributed by atoms with E-state index < -0.39 is 6.04 Å². The Bertz CT molecular complexity index is 559. The van der Waals surface area contributed by atoms with Gasteiger partial charge in [0.05, 0.1) is 19.1 Å². The summed E-state index contributed by atoms with van der Waals surface area (Å²) in [6, 6.07) is 6.69. The van der Waals surface area contributed by atoms with Gasteiger partial charge in [-0.3, -0.25) is 24.6 Å². The van der Waals surface area contributed by atoms with Crippen molar-refractivity contribution in [3.63, 3.8) is 0 Å². The zero-order valence-electron chi connectivity index (χ0n) is 11.1. The number of hydrogen-bond donors (Lipinski definition) is 1. The Kier molecular flexibility index (Phi) is 4.67. The summed E-state index contributed by atoms with van der Waals surface area (Å²) in [6.45, 7) is 1.98. The van der Waals surface area contributed by atoms with Crippen LogP contribution in [0.15, 0.2) is 28.7 Å². The minimum Gasteiger partial charge on any atom is -0.294 e. The number of halogens is 1. The molecule has 2 amide bonds. The Labute approximate surface area is 125 Å². The molecule has 1 aliphatic rings. The van der Waals surface area contributed by atoms with Crippen LogP contribution >= 0.6 is 15.9 Å². The van der Waals surface area contributed by atoms with E-state index >= 15 is 0 Å². The third-order valence-electron chi connectivity index (χ3n) is 3.26. The summed E-state index contributed by atoms with van der Waals surface area (Å²) < 4.78 is 0.714. The first-order valence-corrected chi connectivity index (χ1v) is 7.17. The van der Waals surface area contributed by atoms with Gasteiger partial charge in [0.2, 0.25) is 11.8 Å². The number of carbonyl (C=O) groups excluding carboxylic acids is 3. The lowest BCUT2D eigenvalue weighted by molar-refractivity contribution is -0.139. The number of rotatable bonds is 4. The first-order chi connectivity index (χ1) is 9.52. The molecule has 0 radical (unpaired) electrons. The summed E-state index contributed by atoms with van der Waals surface area (Å²) in [4.78, 5) is 37.1. The smallest absolute Gasteiger partial charge is 0.243 e. The molecule has 0 aromatic heterocycles. The molecule has 1 aliphatic heterocycles. The zero-order chi connectivity index (χ0) is 14.7. The fraction of sp³-hybridized carbons (Fsp3) is 0.357. The maximum atomic E-state index is 12.3. The van der Waals surface area contributed by atoms with E-state index in [-0.39, 0.29) is 30.7 Å². The number of nitrogens with one attached hydrogen (secondary N) is 1. The van der Waals surface area contributed by atoms with E-state index in [1.54, 1.807) is 23.1 Å². The number of piperazine rings is 1. The first kappa shape index (κ1) is 14.9. The fourth-order valence-corrected chi connectivity index (χ4v) is 2.79. The Morgan fingerprint density at radius 1 is 1.40 bits per heavy atom. The third kappa shape index (κ3) is 3.13. The lowest BCUT2D eigenvalue weighted by Gasteiger charge is -2.32. The van der Waals surface area contributed by atoms with Crippen molar-refractivity contribution >= 4 is 33.5 Å². The maximum absolute atomic E-state index is 12.3. The van der Waals surface area contributed by atoms with Gasteiger partial charge in [0.1, 0.15) is 0 Å². The second kappa shape index (κ2) is 6.28. The summed E-state index contributed by atoms with van der Waals surface area (Å²) >= 11 is 3.33. The fourth-order valence-electron chi connectivity index (χ4n) is 2.29. The largest absolute Gasteiger partial charge is 0.294 e. The van der Waals surface area contributed by atoms with Gasteiger partial charge < -0.3 is 0 Å². The van der Waals surface area contributed by atoms with Gasteiger partial charge in [-0.25, -0.2) is 0 Å². The van der Waals surface area contributed by atoms with Crippen LogP contribution in [0.5, 0.6) is 0 Å². The number of ketones is 1. The highest BCUT2D eigenvalue weighted by molar-refractivity contribution is 9.10. The quantitative estimate of drug-likeness (QED) is 0.665. The molecule has 1 N–H and O–H groups in total. The van der Waals surface area contributed by atoms with Gasteiger partial charge in [0.25, 0.3) is 0 Å². The standard InChI is InChI=1S/C14H15BrN2O3/c1-2-11-14(20)16-13(19)8-17(11)7-12(18)9-5-3-4-6-10(9)15/h3-6,11H,2,7-8H2,1H3,(H,16,19,20). The predicted octanol–water partition coefficient (Wildman–Crippen LogP) is 1.37. The predicted molar refractivity (Wildman–Crippen MR) is 77.3 cm³/mol. The first-order valence-electron chi connectivity index (χ1n) is 6.38. The number of Topliss-reactive ketones (excluding diaryl/α,β-unsaturated/α-hetero) is 1. The number of hydrogen-bond acceptors (Lipinski definition) is 4. The van der Waals surface area contributed by atoms with Crippen molar-refractivity contribution < 1.29 is 14.4 Å². The van der Waals surface area contributed by atoms with Crippen LogP contribution in [-0.4, -0.2) is 41.6 Å². The summed E-state index contributed by atoms with van der Waals surface area (Å²) in [5.74, 6) is -0.804. The Hall–Kier alpha value is -1.53. The summed E-state index contributed by atoms with van der Waals surface area (Å²) in [5.41, 5.74) is 0.556. The molecule has 0 spiro atoms. The van der Waals surface area contributed by atoms with Crippen LogP contribution in [-0.2, 0) is 9.59 Å². The van der Waals surface area contributed by atoms with Gasteiger partial charge in [0, 0.05) is 10.0 Å². The molecule has 1 unspecified atom stereocenters. The number of carbonyl (C=O) groups is 3. The number of amides is 2. The van der Waals surface area contributed by atoms with E-state index in [9.17, 15) is 14.4 Å². The Morgan fingerprint density at radius 2 is 2.10 bits per heavy atom. The summed E-state index contributed by atoms with van der Waals surface area (Å²) in [5, 5.41) is 2.29.